The van der Waals surface area contributed by atoms with E-state index >= 15 is 0 Å². The van der Waals surface area contributed by atoms with Crippen molar-refractivity contribution in [3.05, 3.63) is 47.7 Å². The molecule has 0 unspecified atom stereocenters. The fraction of sp³-hybridized carbons (Fsp3) is 0.0769. The van der Waals surface area contributed by atoms with Gasteiger partial charge in [0.25, 0.3) is 0 Å². The molecule has 0 aliphatic carbocycles. The average molecular weight is 276 g/mol. The maximum atomic E-state index is 5.98. The molecule has 3 rings (SSSR count). The molecular weight excluding hydrogens is 266 g/mol. The van der Waals surface area contributed by atoms with E-state index in [4.69, 9.17) is 11.6 Å². The maximum Gasteiger partial charge on any atom is 0.173 e. The minimum atomic E-state index is 0.737. The zero-order chi connectivity index (χ0) is 12.5. The lowest BCUT2D eigenvalue weighted by Crippen LogP contribution is -1.90. The van der Waals surface area contributed by atoms with Gasteiger partial charge in [-0.25, -0.2) is 4.98 Å². The van der Waals surface area contributed by atoms with Gasteiger partial charge in [-0.05, 0) is 24.3 Å². The summed E-state index contributed by atoms with van der Waals surface area (Å²) >= 11 is 7.57. The number of imidazole rings is 1. The van der Waals surface area contributed by atoms with Crippen LogP contribution in [0.2, 0.25) is 5.02 Å². The summed E-state index contributed by atoms with van der Waals surface area (Å²) in [4.78, 5) is 9.72. The Balaban J connectivity index is 2.02. The van der Waals surface area contributed by atoms with Gasteiger partial charge < -0.3 is 4.57 Å². The Morgan fingerprint density at radius 2 is 2.17 bits per heavy atom. The number of hydrogen-bond donors (Lipinski definition) is 0. The number of halogens is 1. The first-order valence-corrected chi connectivity index (χ1v) is 6.63. The van der Waals surface area contributed by atoms with E-state index < -0.39 is 0 Å². The summed E-state index contributed by atoms with van der Waals surface area (Å²) in [6.07, 6.45) is 3.55. The van der Waals surface area contributed by atoms with E-state index in [2.05, 4.69) is 14.5 Å². The monoisotopic (exact) mass is 275 g/mol. The molecular formula is C13H10ClN3S. The van der Waals surface area contributed by atoms with Crippen molar-refractivity contribution < 1.29 is 0 Å². The molecule has 0 bridgehead atoms. The minimum Gasteiger partial charge on any atom is -0.322 e. The highest BCUT2D eigenvalue weighted by atomic mass is 35.5. The number of rotatable bonds is 2. The average Bonchev–Trinajstić information content (AvgIpc) is 2.67. The molecule has 2 heterocycles. The van der Waals surface area contributed by atoms with Crippen LogP contribution in [-0.2, 0) is 7.05 Å². The standard InChI is InChI=1S/C13H10ClN3S/c1-17-12-5-6-15-8-11(12)16-13(17)18-10-4-2-3-9(14)7-10/h2-8H,1H3. The van der Waals surface area contributed by atoms with Gasteiger partial charge in [0.2, 0.25) is 0 Å². The number of pyridine rings is 1. The SMILES string of the molecule is Cn1c(Sc2cccc(Cl)c2)nc2cnccc21. The number of aromatic nitrogens is 3. The summed E-state index contributed by atoms with van der Waals surface area (Å²) in [5.41, 5.74) is 1.99. The predicted octanol–water partition coefficient (Wildman–Crippen LogP) is 3.77. The molecule has 1 aromatic carbocycles. The lowest BCUT2D eigenvalue weighted by Gasteiger charge is -2.02. The van der Waals surface area contributed by atoms with Crippen LogP contribution in [0.25, 0.3) is 11.0 Å². The van der Waals surface area contributed by atoms with Crippen LogP contribution in [0, 0.1) is 0 Å². The highest BCUT2D eigenvalue weighted by Crippen LogP contribution is 2.30. The molecule has 5 heteroatoms. The first-order valence-electron chi connectivity index (χ1n) is 5.44. The highest BCUT2D eigenvalue weighted by Gasteiger charge is 2.08. The molecule has 0 atom stereocenters. The van der Waals surface area contributed by atoms with Gasteiger partial charge in [0, 0.05) is 23.2 Å². The molecule has 2 aromatic heterocycles. The lowest BCUT2D eigenvalue weighted by atomic mass is 10.4. The maximum absolute atomic E-state index is 5.98. The number of fused-ring (bicyclic) bond motifs is 1. The molecule has 0 saturated heterocycles. The zero-order valence-electron chi connectivity index (χ0n) is 9.67. The van der Waals surface area contributed by atoms with E-state index in [0.29, 0.717) is 0 Å². The van der Waals surface area contributed by atoms with Crippen molar-refractivity contribution in [1.29, 1.82) is 0 Å². The summed E-state index contributed by atoms with van der Waals surface area (Å²) in [5.74, 6) is 0. The second-order valence-electron chi connectivity index (χ2n) is 3.88. The number of nitrogens with zero attached hydrogens (tertiary/aromatic N) is 3. The normalized spacial score (nSPS) is 11.0. The molecule has 0 fully saturated rings. The number of hydrogen-bond acceptors (Lipinski definition) is 3. The molecule has 0 aliphatic rings. The van der Waals surface area contributed by atoms with E-state index in [1.165, 1.54) is 0 Å². The Morgan fingerprint density at radius 3 is 2.94 bits per heavy atom. The number of aryl methyl sites for hydroxylation is 1. The molecule has 18 heavy (non-hydrogen) atoms. The van der Waals surface area contributed by atoms with Crippen molar-refractivity contribution in [2.75, 3.05) is 0 Å². The highest BCUT2D eigenvalue weighted by molar-refractivity contribution is 7.99. The zero-order valence-corrected chi connectivity index (χ0v) is 11.2. The smallest absolute Gasteiger partial charge is 0.173 e. The van der Waals surface area contributed by atoms with Crippen LogP contribution in [0.3, 0.4) is 0 Å². The van der Waals surface area contributed by atoms with E-state index in [0.717, 1.165) is 26.1 Å². The third kappa shape index (κ3) is 2.09. The topological polar surface area (TPSA) is 30.7 Å². The minimum absolute atomic E-state index is 0.737. The molecule has 0 spiro atoms. The van der Waals surface area contributed by atoms with Gasteiger partial charge in [-0.1, -0.05) is 29.4 Å². The van der Waals surface area contributed by atoms with Gasteiger partial charge in [0.1, 0.15) is 5.52 Å². The first-order chi connectivity index (χ1) is 8.74. The van der Waals surface area contributed by atoms with E-state index in [-0.39, 0.29) is 0 Å². The Bertz CT molecular complexity index is 708. The molecule has 0 saturated carbocycles. The van der Waals surface area contributed by atoms with E-state index in [1.54, 1.807) is 24.2 Å². The van der Waals surface area contributed by atoms with Gasteiger partial charge in [-0.15, -0.1) is 0 Å². The summed E-state index contributed by atoms with van der Waals surface area (Å²) in [6, 6.07) is 9.72. The quantitative estimate of drug-likeness (QED) is 0.713. The second-order valence-corrected chi connectivity index (χ2v) is 5.35. The lowest BCUT2D eigenvalue weighted by molar-refractivity contribution is 0.815. The van der Waals surface area contributed by atoms with Crippen molar-refractivity contribution in [3.8, 4) is 0 Å². The van der Waals surface area contributed by atoms with Crippen LogP contribution in [-0.4, -0.2) is 14.5 Å². The van der Waals surface area contributed by atoms with Crippen LogP contribution in [0.15, 0.2) is 52.8 Å². The van der Waals surface area contributed by atoms with Crippen molar-refractivity contribution >= 4 is 34.4 Å². The number of benzene rings is 1. The first kappa shape index (κ1) is 11.6. The van der Waals surface area contributed by atoms with Crippen LogP contribution in [0.1, 0.15) is 0 Å². The molecule has 0 amide bonds. The van der Waals surface area contributed by atoms with Crippen LogP contribution in [0.4, 0.5) is 0 Å². The van der Waals surface area contributed by atoms with Crippen LogP contribution in [0.5, 0.6) is 0 Å². The van der Waals surface area contributed by atoms with Crippen molar-refractivity contribution in [2.45, 2.75) is 10.1 Å². The van der Waals surface area contributed by atoms with E-state index in [1.807, 2.05) is 37.4 Å². The predicted molar refractivity (Wildman–Crippen MR) is 74.1 cm³/mol. The fourth-order valence-corrected chi connectivity index (χ4v) is 2.93. The Kier molecular flexibility index (Phi) is 2.97. The summed E-state index contributed by atoms with van der Waals surface area (Å²) in [7, 11) is 2.00. The molecule has 0 aliphatic heterocycles. The van der Waals surface area contributed by atoms with Gasteiger partial charge >= 0.3 is 0 Å². The third-order valence-corrected chi connectivity index (χ3v) is 3.92. The molecule has 3 nitrogen and oxygen atoms in total. The Labute approximate surface area is 114 Å². The Morgan fingerprint density at radius 1 is 1.28 bits per heavy atom. The third-order valence-electron chi connectivity index (χ3n) is 2.65. The fourth-order valence-electron chi connectivity index (χ4n) is 1.76. The summed E-state index contributed by atoms with van der Waals surface area (Å²) in [6.45, 7) is 0. The van der Waals surface area contributed by atoms with Gasteiger partial charge in [0.05, 0.1) is 11.7 Å². The van der Waals surface area contributed by atoms with Crippen molar-refractivity contribution in [2.24, 2.45) is 7.05 Å². The van der Waals surface area contributed by atoms with Gasteiger partial charge in [-0.2, -0.15) is 0 Å². The van der Waals surface area contributed by atoms with Crippen molar-refractivity contribution in [3.63, 3.8) is 0 Å². The second kappa shape index (κ2) is 4.63. The molecule has 0 N–H and O–H groups in total. The van der Waals surface area contributed by atoms with Crippen molar-refractivity contribution in [1.82, 2.24) is 14.5 Å². The van der Waals surface area contributed by atoms with E-state index in [9.17, 15) is 0 Å². The Hall–Kier alpha value is -1.52. The summed E-state index contributed by atoms with van der Waals surface area (Å²) in [5, 5.41) is 1.67. The van der Waals surface area contributed by atoms with Crippen LogP contribution < -0.4 is 0 Å². The van der Waals surface area contributed by atoms with Gasteiger partial charge in [0.15, 0.2) is 5.16 Å². The largest absolute Gasteiger partial charge is 0.322 e. The van der Waals surface area contributed by atoms with Gasteiger partial charge in [-0.3, -0.25) is 4.98 Å². The van der Waals surface area contributed by atoms with Crippen LogP contribution >= 0.6 is 23.4 Å². The molecule has 90 valence electrons. The molecule has 3 aromatic rings. The molecule has 0 radical (unpaired) electrons. The summed E-state index contributed by atoms with van der Waals surface area (Å²) < 4.78 is 2.06.